The second-order valence-electron chi connectivity index (χ2n) is 1.82. The summed E-state index contributed by atoms with van der Waals surface area (Å²) in [5, 5.41) is 0. The van der Waals surface area contributed by atoms with Gasteiger partial charge in [-0.2, -0.15) is 0 Å². The minimum absolute atomic E-state index is 1.44. The summed E-state index contributed by atoms with van der Waals surface area (Å²) >= 11 is 0. The first-order valence-corrected chi connectivity index (χ1v) is 3.40. The van der Waals surface area contributed by atoms with Gasteiger partial charge in [-0.15, -0.1) is 0 Å². The van der Waals surface area contributed by atoms with Crippen LogP contribution in [-0.2, 0) is 0 Å². The van der Waals surface area contributed by atoms with E-state index in [1.54, 1.807) is 12.4 Å². The Bertz CT molecular complexity index is 186. The number of hydrogen-bond donors (Lipinski definition) is 0. The molecule has 0 aromatic carbocycles. The van der Waals surface area contributed by atoms with Crippen LogP contribution in [0.3, 0.4) is 0 Å². The van der Waals surface area contributed by atoms with Crippen LogP contribution < -0.4 is 0 Å². The Morgan fingerprint density at radius 2 is 1.00 bits per heavy atom. The molecular formula is C8H8N4. The minimum Gasteiger partial charge on any atom is -0.265 e. The van der Waals surface area contributed by atoms with Crippen LogP contribution in [0.15, 0.2) is 49.6 Å². The van der Waals surface area contributed by atoms with Gasteiger partial charge in [-0.3, -0.25) is 4.98 Å². The van der Waals surface area contributed by atoms with Crippen LogP contribution in [0.2, 0.25) is 0 Å². The van der Waals surface area contributed by atoms with Crippen molar-refractivity contribution in [3.8, 4) is 0 Å². The molecule has 2 aromatic rings. The molecule has 0 atom stereocenters. The van der Waals surface area contributed by atoms with Crippen molar-refractivity contribution in [2.45, 2.75) is 0 Å². The van der Waals surface area contributed by atoms with Crippen LogP contribution in [0.1, 0.15) is 0 Å². The number of rotatable bonds is 0. The number of aromatic nitrogens is 4. The highest BCUT2D eigenvalue weighted by Crippen LogP contribution is 1.73. The highest BCUT2D eigenvalue weighted by molar-refractivity contribution is 4.88. The van der Waals surface area contributed by atoms with E-state index in [1.807, 2.05) is 18.2 Å². The minimum atomic E-state index is 1.44. The van der Waals surface area contributed by atoms with Crippen LogP contribution in [0, 0.1) is 0 Å². The quantitative estimate of drug-likeness (QED) is 0.575. The molecule has 12 heavy (non-hydrogen) atoms. The molecule has 0 fully saturated rings. The fourth-order valence-corrected chi connectivity index (χ4v) is 0.518. The zero-order chi connectivity index (χ0) is 8.49. The summed E-state index contributed by atoms with van der Waals surface area (Å²) in [6.45, 7) is 0. The maximum Gasteiger partial charge on any atom is 0.119 e. The Hall–Kier alpha value is -1.84. The van der Waals surface area contributed by atoms with Gasteiger partial charge in [0.1, 0.15) is 19.0 Å². The molecule has 0 aliphatic heterocycles. The molecule has 60 valence electrons. The molecule has 4 nitrogen and oxygen atoms in total. The van der Waals surface area contributed by atoms with Crippen molar-refractivity contribution in [3.63, 3.8) is 0 Å². The second kappa shape index (κ2) is 5.91. The van der Waals surface area contributed by atoms with Gasteiger partial charge in [-0.25, -0.2) is 15.0 Å². The van der Waals surface area contributed by atoms with E-state index in [0.717, 1.165) is 0 Å². The summed E-state index contributed by atoms with van der Waals surface area (Å²) in [6, 6.07) is 5.72. The lowest BCUT2D eigenvalue weighted by atomic mass is 10.5. The van der Waals surface area contributed by atoms with E-state index in [0.29, 0.717) is 0 Å². The largest absolute Gasteiger partial charge is 0.265 e. The van der Waals surface area contributed by atoms with Crippen molar-refractivity contribution in [2.24, 2.45) is 0 Å². The van der Waals surface area contributed by atoms with E-state index in [1.165, 1.54) is 19.0 Å². The molecule has 0 aliphatic carbocycles. The van der Waals surface area contributed by atoms with Gasteiger partial charge in [0.2, 0.25) is 0 Å². The smallest absolute Gasteiger partial charge is 0.119 e. The van der Waals surface area contributed by atoms with Crippen molar-refractivity contribution < 1.29 is 0 Å². The molecule has 0 spiro atoms. The predicted molar refractivity (Wildman–Crippen MR) is 44.1 cm³/mol. The first kappa shape index (κ1) is 8.26. The molecule has 0 saturated heterocycles. The molecule has 0 N–H and O–H groups in total. The molecule has 0 saturated carbocycles. The Morgan fingerprint density at radius 3 is 1.17 bits per heavy atom. The Labute approximate surface area is 70.4 Å². The third-order valence-corrected chi connectivity index (χ3v) is 0.966. The zero-order valence-electron chi connectivity index (χ0n) is 6.41. The lowest BCUT2D eigenvalue weighted by molar-refractivity contribution is 1.05. The van der Waals surface area contributed by atoms with Gasteiger partial charge in [0.25, 0.3) is 0 Å². The summed E-state index contributed by atoms with van der Waals surface area (Å²) < 4.78 is 0. The van der Waals surface area contributed by atoms with Crippen molar-refractivity contribution in [1.82, 2.24) is 19.9 Å². The zero-order valence-corrected chi connectivity index (χ0v) is 6.41. The van der Waals surface area contributed by atoms with Crippen LogP contribution in [0.25, 0.3) is 0 Å². The molecule has 2 aromatic heterocycles. The maximum absolute atomic E-state index is 3.78. The number of hydrogen-bond acceptors (Lipinski definition) is 4. The van der Waals surface area contributed by atoms with E-state index >= 15 is 0 Å². The summed E-state index contributed by atoms with van der Waals surface area (Å²) in [6.07, 6.45) is 7.81. The standard InChI is InChI=1S/C5H5N.C3H3N3/c1-2-4-6-5-3-1;1-4-2-6-3-5-1/h1-5H;1-3H. The maximum atomic E-state index is 3.78. The monoisotopic (exact) mass is 160 g/mol. The first-order valence-electron chi connectivity index (χ1n) is 3.40. The molecule has 0 unspecified atom stereocenters. The molecule has 2 heterocycles. The van der Waals surface area contributed by atoms with E-state index in [2.05, 4.69) is 19.9 Å². The van der Waals surface area contributed by atoms with E-state index in [-0.39, 0.29) is 0 Å². The average molecular weight is 160 g/mol. The van der Waals surface area contributed by atoms with Crippen molar-refractivity contribution >= 4 is 0 Å². The van der Waals surface area contributed by atoms with Crippen molar-refractivity contribution in [2.75, 3.05) is 0 Å². The lowest BCUT2D eigenvalue weighted by Crippen LogP contribution is -1.73. The van der Waals surface area contributed by atoms with Gasteiger partial charge in [0.15, 0.2) is 0 Å². The third kappa shape index (κ3) is 4.05. The van der Waals surface area contributed by atoms with Crippen LogP contribution in [0.5, 0.6) is 0 Å². The summed E-state index contributed by atoms with van der Waals surface area (Å²) in [4.78, 5) is 14.5. The molecule has 4 heteroatoms. The normalized spacial score (nSPS) is 8.00. The highest BCUT2D eigenvalue weighted by Gasteiger charge is 1.59. The van der Waals surface area contributed by atoms with Gasteiger partial charge in [-0.1, -0.05) is 6.07 Å². The Morgan fingerprint density at radius 1 is 0.500 bits per heavy atom. The SMILES string of the molecule is c1ccncc1.c1ncncn1. The molecule has 0 radical (unpaired) electrons. The summed E-state index contributed by atoms with van der Waals surface area (Å²) in [5.41, 5.74) is 0. The molecular weight excluding hydrogens is 152 g/mol. The molecule has 0 bridgehead atoms. The van der Waals surface area contributed by atoms with Crippen molar-refractivity contribution in [1.29, 1.82) is 0 Å². The Balaban J connectivity index is 0.000000120. The van der Waals surface area contributed by atoms with Crippen LogP contribution in [-0.4, -0.2) is 19.9 Å². The first-order chi connectivity index (χ1) is 6.00. The molecule has 0 aliphatic rings. The van der Waals surface area contributed by atoms with E-state index in [9.17, 15) is 0 Å². The Kier molecular flexibility index (Phi) is 4.07. The van der Waals surface area contributed by atoms with Gasteiger partial charge >= 0.3 is 0 Å². The predicted octanol–water partition coefficient (Wildman–Crippen LogP) is 0.953. The molecule has 0 amide bonds. The number of pyridine rings is 1. The second-order valence-corrected chi connectivity index (χ2v) is 1.82. The van der Waals surface area contributed by atoms with Gasteiger partial charge < -0.3 is 0 Å². The van der Waals surface area contributed by atoms with E-state index in [4.69, 9.17) is 0 Å². The molecule has 2 rings (SSSR count). The fraction of sp³-hybridized carbons (Fsp3) is 0. The summed E-state index contributed by atoms with van der Waals surface area (Å²) in [5.74, 6) is 0. The summed E-state index contributed by atoms with van der Waals surface area (Å²) in [7, 11) is 0. The fourth-order valence-electron chi connectivity index (χ4n) is 0.518. The topological polar surface area (TPSA) is 51.6 Å². The van der Waals surface area contributed by atoms with Crippen molar-refractivity contribution in [3.05, 3.63) is 49.6 Å². The highest BCUT2D eigenvalue weighted by atomic mass is 14.9. The lowest BCUT2D eigenvalue weighted by Gasteiger charge is -1.70. The van der Waals surface area contributed by atoms with Gasteiger partial charge in [0, 0.05) is 12.4 Å². The average Bonchev–Trinajstić information content (AvgIpc) is 2.24. The van der Waals surface area contributed by atoms with Crippen LogP contribution in [0.4, 0.5) is 0 Å². The third-order valence-electron chi connectivity index (χ3n) is 0.966. The number of nitrogens with zero attached hydrogens (tertiary/aromatic N) is 4. The van der Waals surface area contributed by atoms with Crippen LogP contribution >= 0.6 is 0 Å². The van der Waals surface area contributed by atoms with E-state index < -0.39 is 0 Å². The van der Waals surface area contributed by atoms with Gasteiger partial charge in [-0.05, 0) is 12.1 Å². The van der Waals surface area contributed by atoms with Gasteiger partial charge in [0.05, 0.1) is 0 Å².